The maximum atomic E-state index is 12.8. The molecular formula is C18H22NO5S-. The first-order valence-electron chi connectivity index (χ1n) is 8.77. The molecule has 3 rings (SSSR count). The third-order valence-electron chi connectivity index (χ3n) is 5.35. The summed E-state index contributed by atoms with van der Waals surface area (Å²) in [7, 11) is 0. The van der Waals surface area contributed by atoms with Gasteiger partial charge in [0.25, 0.3) is 0 Å². The zero-order valence-corrected chi connectivity index (χ0v) is 15.2. The number of carboxylic acid groups (broad SMARTS) is 1. The van der Waals surface area contributed by atoms with Crippen LogP contribution in [0.2, 0.25) is 0 Å². The van der Waals surface area contributed by atoms with Gasteiger partial charge >= 0.3 is 5.97 Å². The van der Waals surface area contributed by atoms with Gasteiger partial charge in [-0.15, -0.1) is 11.3 Å². The van der Waals surface area contributed by atoms with E-state index in [0.717, 1.165) is 30.6 Å². The molecule has 1 N–H and O–H groups in total. The molecule has 0 saturated heterocycles. The number of carbonyl (C=O) groups excluding carboxylic acids is 3. The van der Waals surface area contributed by atoms with E-state index in [-0.39, 0.29) is 24.3 Å². The van der Waals surface area contributed by atoms with Gasteiger partial charge in [0.1, 0.15) is 5.00 Å². The van der Waals surface area contributed by atoms with Gasteiger partial charge in [0.15, 0.2) is 0 Å². The quantitative estimate of drug-likeness (QED) is 0.777. The molecule has 2 aliphatic carbocycles. The van der Waals surface area contributed by atoms with Gasteiger partial charge in [0.05, 0.1) is 12.2 Å². The molecule has 0 radical (unpaired) electrons. The van der Waals surface area contributed by atoms with Crippen molar-refractivity contribution in [1.82, 2.24) is 0 Å². The Kier molecular flexibility index (Phi) is 5.13. The number of anilines is 1. The lowest BCUT2D eigenvalue weighted by Crippen LogP contribution is -2.44. The molecule has 1 aromatic heterocycles. The van der Waals surface area contributed by atoms with Crippen molar-refractivity contribution in [1.29, 1.82) is 0 Å². The normalized spacial score (nSPS) is 27.3. The smallest absolute Gasteiger partial charge is 0.341 e. The molecule has 0 aliphatic heterocycles. The topological polar surface area (TPSA) is 95.5 Å². The molecule has 0 spiro atoms. The van der Waals surface area contributed by atoms with Crippen LogP contribution in [0.4, 0.5) is 5.00 Å². The van der Waals surface area contributed by atoms with Crippen LogP contribution in [0.5, 0.6) is 0 Å². The van der Waals surface area contributed by atoms with Crippen LogP contribution in [0, 0.1) is 23.7 Å². The second-order valence-corrected chi connectivity index (χ2v) is 7.86. The number of fused-ring (bicyclic) bond motifs is 2. The first kappa shape index (κ1) is 17.9. The summed E-state index contributed by atoms with van der Waals surface area (Å²) in [5.74, 6) is -3.12. The molecule has 0 unspecified atom stereocenters. The van der Waals surface area contributed by atoms with E-state index in [1.54, 1.807) is 13.0 Å². The minimum absolute atomic E-state index is 0.0322. The zero-order chi connectivity index (χ0) is 18.1. The molecule has 1 heterocycles. The van der Waals surface area contributed by atoms with Crippen molar-refractivity contribution in [3.63, 3.8) is 0 Å². The lowest BCUT2D eigenvalue weighted by molar-refractivity contribution is -0.314. The van der Waals surface area contributed by atoms with Crippen LogP contribution >= 0.6 is 11.3 Å². The largest absolute Gasteiger partial charge is 0.550 e. The van der Waals surface area contributed by atoms with Crippen molar-refractivity contribution in [2.75, 3.05) is 11.9 Å². The minimum atomic E-state index is -1.14. The number of carbonyl (C=O) groups is 3. The van der Waals surface area contributed by atoms with E-state index in [1.807, 2.05) is 6.92 Å². The van der Waals surface area contributed by atoms with E-state index in [1.165, 1.54) is 11.3 Å². The Morgan fingerprint density at radius 1 is 1.24 bits per heavy atom. The molecule has 0 aromatic carbocycles. The van der Waals surface area contributed by atoms with Crippen molar-refractivity contribution in [2.24, 2.45) is 23.7 Å². The number of amides is 1. The second kappa shape index (κ2) is 7.15. The Hall–Kier alpha value is -1.89. The summed E-state index contributed by atoms with van der Waals surface area (Å²) in [5, 5.41) is 14.8. The maximum absolute atomic E-state index is 12.8. The number of hydrogen-bond donors (Lipinski definition) is 1. The molecule has 2 bridgehead atoms. The van der Waals surface area contributed by atoms with E-state index in [2.05, 4.69) is 5.32 Å². The van der Waals surface area contributed by atoms with Crippen molar-refractivity contribution >= 4 is 34.2 Å². The molecule has 4 atom stereocenters. The number of thiophene rings is 1. The highest BCUT2D eigenvalue weighted by Crippen LogP contribution is 2.52. The van der Waals surface area contributed by atoms with Crippen LogP contribution in [0.25, 0.3) is 0 Å². The number of nitrogens with one attached hydrogen (secondary N) is 1. The third-order valence-corrected chi connectivity index (χ3v) is 6.55. The Labute approximate surface area is 150 Å². The van der Waals surface area contributed by atoms with Crippen molar-refractivity contribution in [3.05, 3.63) is 16.5 Å². The summed E-state index contributed by atoms with van der Waals surface area (Å²) in [6.45, 7) is 3.94. The number of esters is 1. The van der Waals surface area contributed by atoms with Gasteiger partial charge in [-0.3, -0.25) is 4.79 Å². The summed E-state index contributed by atoms with van der Waals surface area (Å²) >= 11 is 1.33. The highest BCUT2D eigenvalue weighted by molar-refractivity contribution is 7.16. The summed E-state index contributed by atoms with van der Waals surface area (Å²) < 4.78 is 5.05. The predicted molar refractivity (Wildman–Crippen MR) is 91.1 cm³/mol. The number of carboxylic acids is 1. The number of ether oxygens (including phenoxy) is 1. The van der Waals surface area contributed by atoms with Gasteiger partial charge in [-0.05, 0) is 50.5 Å². The minimum Gasteiger partial charge on any atom is -0.550 e. The molecule has 7 heteroatoms. The second-order valence-electron chi connectivity index (χ2n) is 6.72. The summed E-state index contributed by atoms with van der Waals surface area (Å²) in [6, 6.07) is 1.73. The van der Waals surface area contributed by atoms with Crippen LogP contribution in [0.15, 0.2) is 6.07 Å². The number of hydrogen-bond acceptors (Lipinski definition) is 6. The van der Waals surface area contributed by atoms with Crippen molar-refractivity contribution in [2.45, 2.75) is 39.5 Å². The molecule has 25 heavy (non-hydrogen) atoms. The van der Waals surface area contributed by atoms with E-state index in [4.69, 9.17) is 4.74 Å². The average Bonchev–Trinajstić information content (AvgIpc) is 3.28. The van der Waals surface area contributed by atoms with Crippen LogP contribution in [0.1, 0.15) is 48.3 Å². The number of aliphatic carboxylic acids is 1. The van der Waals surface area contributed by atoms with Gasteiger partial charge in [-0.1, -0.05) is 6.92 Å². The molecule has 136 valence electrons. The fourth-order valence-electron chi connectivity index (χ4n) is 4.27. The van der Waals surface area contributed by atoms with Gasteiger partial charge < -0.3 is 20.0 Å². The van der Waals surface area contributed by atoms with E-state index in [0.29, 0.717) is 10.6 Å². The van der Waals surface area contributed by atoms with E-state index < -0.39 is 23.8 Å². The van der Waals surface area contributed by atoms with Crippen molar-refractivity contribution < 1.29 is 24.2 Å². The molecule has 1 aromatic rings. The lowest BCUT2D eigenvalue weighted by Gasteiger charge is -2.30. The Morgan fingerprint density at radius 3 is 2.52 bits per heavy atom. The first-order valence-corrected chi connectivity index (χ1v) is 9.59. The van der Waals surface area contributed by atoms with Gasteiger partial charge in [-0.2, -0.15) is 0 Å². The predicted octanol–water partition coefficient (Wildman–Crippen LogP) is 1.84. The molecule has 6 nitrogen and oxygen atoms in total. The fraction of sp³-hybridized carbons (Fsp3) is 0.611. The maximum Gasteiger partial charge on any atom is 0.341 e. The van der Waals surface area contributed by atoms with Crippen LogP contribution in [0.3, 0.4) is 0 Å². The highest BCUT2D eigenvalue weighted by Gasteiger charge is 2.51. The fourth-order valence-corrected chi connectivity index (χ4v) is 5.26. The van der Waals surface area contributed by atoms with Crippen LogP contribution < -0.4 is 10.4 Å². The monoisotopic (exact) mass is 364 g/mol. The summed E-state index contributed by atoms with van der Waals surface area (Å²) in [6.07, 6.45) is 3.23. The first-order chi connectivity index (χ1) is 12.0. The lowest BCUT2D eigenvalue weighted by atomic mass is 9.79. The SMILES string of the molecule is CCOC(=O)c1cc(CC)sc1NC(=O)[C@H]1[C@@H]2CC[C@H](C2)[C@@H]1C(=O)[O-]. The van der Waals surface area contributed by atoms with Gasteiger partial charge in [0, 0.05) is 22.7 Å². The molecule has 2 fully saturated rings. The molecular weight excluding hydrogens is 342 g/mol. The van der Waals surface area contributed by atoms with E-state index >= 15 is 0 Å². The number of rotatable bonds is 6. The Balaban J connectivity index is 1.82. The molecule has 2 aliphatic rings. The Bertz CT molecular complexity index is 698. The number of aryl methyl sites for hydroxylation is 1. The standard InChI is InChI=1S/C18H23NO5S/c1-3-11-8-12(18(23)24-4-2)16(25-11)19-15(20)13-9-5-6-10(7-9)14(13)17(21)22/h8-10,13-14H,3-7H2,1-2H3,(H,19,20)(H,21,22)/p-1/t9-,10-,13+,14+/m1/s1. The average molecular weight is 364 g/mol. The zero-order valence-electron chi connectivity index (χ0n) is 14.4. The van der Waals surface area contributed by atoms with Crippen LogP contribution in [-0.4, -0.2) is 24.5 Å². The Morgan fingerprint density at radius 2 is 1.92 bits per heavy atom. The van der Waals surface area contributed by atoms with E-state index in [9.17, 15) is 19.5 Å². The molecule has 1 amide bonds. The van der Waals surface area contributed by atoms with Crippen LogP contribution in [-0.2, 0) is 20.7 Å². The van der Waals surface area contributed by atoms with Gasteiger partial charge in [-0.25, -0.2) is 4.79 Å². The summed E-state index contributed by atoms with van der Waals surface area (Å²) in [4.78, 5) is 37.4. The van der Waals surface area contributed by atoms with Crippen molar-refractivity contribution in [3.8, 4) is 0 Å². The highest BCUT2D eigenvalue weighted by atomic mass is 32.1. The summed E-state index contributed by atoms with van der Waals surface area (Å²) in [5.41, 5.74) is 0.338. The third kappa shape index (κ3) is 3.29. The van der Waals surface area contributed by atoms with Gasteiger partial charge in [0.2, 0.25) is 5.91 Å². The molecule has 2 saturated carbocycles.